The minimum Gasteiger partial charge on any atom is -0.351 e. The number of carbonyl (C=O) groups is 1. The van der Waals surface area contributed by atoms with Crippen LogP contribution in [0.5, 0.6) is 0 Å². The molecular weight excluding hydrogens is 281 g/mol. The van der Waals surface area contributed by atoms with Gasteiger partial charge in [0.25, 0.3) is 5.91 Å². The number of hydrogen-bond donors (Lipinski definition) is 1. The fraction of sp³-hybridized carbons (Fsp3) is 0.294. The summed E-state index contributed by atoms with van der Waals surface area (Å²) >= 11 is 0. The Morgan fingerprint density at radius 2 is 1.95 bits per heavy atom. The number of hydrogen-bond acceptors (Lipinski definition) is 2. The van der Waals surface area contributed by atoms with Crippen LogP contribution in [0.15, 0.2) is 47.8 Å². The van der Waals surface area contributed by atoms with Gasteiger partial charge >= 0.3 is 0 Å². The summed E-state index contributed by atoms with van der Waals surface area (Å²) in [5.41, 5.74) is 3.77. The van der Waals surface area contributed by atoms with E-state index < -0.39 is 0 Å². The number of nitrogens with one attached hydrogen (secondary N) is 1. The average Bonchev–Trinajstić information content (AvgIpc) is 3.19. The fourth-order valence-electron chi connectivity index (χ4n) is 2.77. The van der Waals surface area contributed by atoms with Crippen LogP contribution in [-0.4, -0.2) is 16.7 Å². The molecule has 4 nitrogen and oxygen atoms in total. The Morgan fingerprint density at radius 3 is 2.68 bits per heavy atom. The van der Waals surface area contributed by atoms with Crippen molar-refractivity contribution >= 4 is 12.1 Å². The quantitative estimate of drug-likeness (QED) is 0.681. The van der Waals surface area contributed by atoms with Crippen LogP contribution in [0.1, 0.15) is 47.6 Å². The molecule has 1 amide bonds. The highest BCUT2D eigenvalue weighted by molar-refractivity contribution is 5.94. The second-order valence-electron chi connectivity index (χ2n) is 5.54. The van der Waals surface area contributed by atoms with E-state index in [1.165, 1.54) is 49.9 Å². The minimum absolute atomic E-state index is 0.355. The number of benzene rings is 1. The normalized spacial score (nSPS) is 15.5. The Labute approximate surface area is 128 Å². The predicted octanol–water partition coefficient (Wildman–Crippen LogP) is 3.51. The number of halogens is 1. The van der Waals surface area contributed by atoms with Gasteiger partial charge < -0.3 is 4.57 Å². The predicted molar refractivity (Wildman–Crippen MR) is 83.4 cm³/mol. The van der Waals surface area contributed by atoms with Gasteiger partial charge in [0, 0.05) is 29.6 Å². The van der Waals surface area contributed by atoms with Crippen molar-refractivity contribution in [3.05, 3.63) is 59.7 Å². The number of rotatable bonds is 4. The van der Waals surface area contributed by atoms with Gasteiger partial charge in [-0.25, -0.2) is 9.82 Å². The number of carbonyl (C=O) groups excluding carboxylic acids is 1. The summed E-state index contributed by atoms with van der Waals surface area (Å²) in [4.78, 5) is 11.8. The van der Waals surface area contributed by atoms with Gasteiger partial charge in [-0.05, 0) is 43.2 Å². The largest absolute Gasteiger partial charge is 0.351 e. The molecule has 2 aromatic rings. The SMILES string of the molecule is O=C(N/N=C\c1ccn(C2CCCC2)c1)c1ccc(F)cc1. The van der Waals surface area contributed by atoms with Crippen LogP contribution in [0.4, 0.5) is 4.39 Å². The second kappa shape index (κ2) is 6.56. The van der Waals surface area contributed by atoms with Crippen LogP contribution < -0.4 is 5.43 Å². The van der Waals surface area contributed by atoms with Crippen molar-refractivity contribution in [2.45, 2.75) is 31.7 Å². The molecule has 1 aliphatic rings. The highest BCUT2D eigenvalue weighted by atomic mass is 19.1. The van der Waals surface area contributed by atoms with Crippen LogP contribution in [0, 0.1) is 5.82 Å². The Bertz CT molecular complexity index is 669. The van der Waals surface area contributed by atoms with E-state index in [0.717, 1.165) is 5.56 Å². The van der Waals surface area contributed by atoms with Gasteiger partial charge in [0.05, 0.1) is 6.21 Å². The molecule has 1 heterocycles. The molecule has 1 aromatic carbocycles. The van der Waals surface area contributed by atoms with Crippen molar-refractivity contribution in [2.75, 3.05) is 0 Å². The van der Waals surface area contributed by atoms with Crippen molar-refractivity contribution in [3.8, 4) is 0 Å². The average molecular weight is 299 g/mol. The van der Waals surface area contributed by atoms with E-state index >= 15 is 0 Å². The number of hydrazone groups is 1. The second-order valence-corrected chi connectivity index (χ2v) is 5.54. The third kappa shape index (κ3) is 3.42. The summed E-state index contributed by atoms with van der Waals surface area (Å²) in [5, 5.41) is 3.95. The third-order valence-electron chi connectivity index (χ3n) is 3.97. The van der Waals surface area contributed by atoms with E-state index in [0.29, 0.717) is 11.6 Å². The first-order chi connectivity index (χ1) is 10.7. The van der Waals surface area contributed by atoms with Crippen LogP contribution in [0.3, 0.4) is 0 Å². The van der Waals surface area contributed by atoms with Crippen molar-refractivity contribution in [2.24, 2.45) is 5.10 Å². The lowest BCUT2D eigenvalue weighted by atomic mass is 10.2. The molecule has 0 spiro atoms. The monoisotopic (exact) mass is 299 g/mol. The molecule has 114 valence electrons. The molecule has 0 radical (unpaired) electrons. The molecule has 0 aliphatic heterocycles. The molecule has 0 bridgehead atoms. The standard InChI is InChI=1S/C17H18FN3O/c18-15-7-5-14(6-8-15)17(22)20-19-11-13-9-10-21(12-13)16-3-1-2-4-16/h5-12,16H,1-4H2,(H,20,22)/b19-11-. The molecule has 3 rings (SSSR count). The molecular formula is C17H18FN3O. The summed E-state index contributed by atoms with van der Waals surface area (Å²) in [6.07, 6.45) is 10.8. The lowest BCUT2D eigenvalue weighted by Crippen LogP contribution is -2.17. The fourth-order valence-corrected chi connectivity index (χ4v) is 2.77. The third-order valence-corrected chi connectivity index (χ3v) is 3.97. The van der Waals surface area contributed by atoms with E-state index in [1.54, 1.807) is 6.21 Å². The Kier molecular flexibility index (Phi) is 4.32. The Balaban J connectivity index is 1.57. The zero-order valence-corrected chi connectivity index (χ0v) is 12.2. The van der Waals surface area contributed by atoms with Gasteiger partial charge in [-0.2, -0.15) is 5.10 Å². The summed E-state index contributed by atoms with van der Waals surface area (Å²) < 4.78 is 15.0. The zero-order valence-electron chi connectivity index (χ0n) is 12.2. The van der Waals surface area contributed by atoms with Crippen molar-refractivity contribution in [1.82, 2.24) is 9.99 Å². The Morgan fingerprint density at radius 1 is 1.23 bits per heavy atom. The lowest BCUT2D eigenvalue weighted by Gasteiger charge is -2.10. The smallest absolute Gasteiger partial charge is 0.271 e. The molecule has 1 aromatic heterocycles. The maximum Gasteiger partial charge on any atom is 0.271 e. The van der Waals surface area contributed by atoms with Crippen molar-refractivity contribution in [1.29, 1.82) is 0 Å². The van der Waals surface area contributed by atoms with E-state index in [2.05, 4.69) is 21.3 Å². The van der Waals surface area contributed by atoms with Gasteiger partial charge in [-0.1, -0.05) is 12.8 Å². The maximum atomic E-state index is 12.8. The van der Waals surface area contributed by atoms with E-state index in [9.17, 15) is 9.18 Å². The highest BCUT2D eigenvalue weighted by Crippen LogP contribution is 2.29. The minimum atomic E-state index is -0.367. The summed E-state index contributed by atoms with van der Waals surface area (Å²) in [6.45, 7) is 0. The molecule has 1 saturated carbocycles. The van der Waals surface area contributed by atoms with E-state index in [1.807, 2.05) is 12.3 Å². The van der Waals surface area contributed by atoms with Crippen LogP contribution in [0.25, 0.3) is 0 Å². The number of aromatic nitrogens is 1. The van der Waals surface area contributed by atoms with Gasteiger partial charge in [0.1, 0.15) is 5.82 Å². The molecule has 1 fully saturated rings. The molecule has 0 saturated heterocycles. The van der Waals surface area contributed by atoms with Gasteiger partial charge in [0.2, 0.25) is 0 Å². The molecule has 22 heavy (non-hydrogen) atoms. The first-order valence-electron chi connectivity index (χ1n) is 7.49. The zero-order chi connectivity index (χ0) is 15.4. The topological polar surface area (TPSA) is 46.4 Å². The van der Waals surface area contributed by atoms with Gasteiger partial charge in [-0.3, -0.25) is 4.79 Å². The highest BCUT2D eigenvalue weighted by Gasteiger charge is 2.15. The van der Waals surface area contributed by atoms with E-state index in [4.69, 9.17) is 0 Å². The van der Waals surface area contributed by atoms with Crippen LogP contribution in [-0.2, 0) is 0 Å². The first kappa shape index (κ1) is 14.5. The number of amides is 1. The summed E-state index contributed by atoms with van der Waals surface area (Å²) in [5.74, 6) is -0.722. The molecule has 0 unspecified atom stereocenters. The van der Waals surface area contributed by atoms with Crippen LogP contribution in [0.2, 0.25) is 0 Å². The molecule has 5 heteroatoms. The summed E-state index contributed by atoms with van der Waals surface area (Å²) in [7, 11) is 0. The van der Waals surface area contributed by atoms with Crippen molar-refractivity contribution in [3.63, 3.8) is 0 Å². The molecule has 1 aliphatic carbocycles. The lowest BCUT2D eigenvalue weighted by molar-refractivity contribution is 0.0955. The summed E-state index contributed by atoms with van der Waals surface area (Å²) in [6, 6.07) is 7.93. The van der Waals surface area contributed by atoms with E-state index in [-0.39, 0.29) is 11.7 Å². The van der Waals surface area contributed by atoms with Gasteiger partial charge in [-0.15, -0.1) is 0 Å². The van der Waals surface area contributed by atoms with Crippen LogP contribution >= 0.6 is 0 Å². The Hall–Kier alpha value is -2.43. The molecule has 0 atom stereocenters. The number of nitrogens with zero attached hydrogens (tertiary/aromatic N) is 2. The van der Waals surface area contributed by atoms with Gasteiger partial charge in [0.15, 0.2) is 0 Å². The first-order valence-corrected chi connectivity index (χ1v) is 7.49. The molecule has 1 N–H and O–H groups in total. The maximum absolute atomic E-state index is 12.8. The van der Waals surface area contributed by atoms with Crippen molar-refractivity contribution < 1.29 is 9.18 Å².